The molecule has 0 unspecified atom stereocenters. The highest BCUT2D eigenvalue weighted by Crippen LogP contribution is 2.32. The summed E-state index contributed by atoms with van der Waals surface area (Å²) in [6.45, 7) is 4.73. The Morgan fingerprint density at radius 1 is 1.00 bits per heavy atom. The molecular weight excluding hydrogens is 263 g/mol. The van der Waals surface area contributed by atoms with Crippen molar-refractivity contribution in [3.05, 3.63) is 29.3 Å². The largest absolute Gasteiger partial charge is 0.416 e. The first-order valence-corrected chi connectivity index (χ1v) is 7.37. The van der Waals surface area contributed by atoms with Gasteiger partial charge in [-0.3, -0.25) is 0 Å². The van der Waals surface area contributed by atoms with Gasteiger partial charge in [0.1, 0.15) is 0 Å². The zero-order valence-corrected chi connectivity index (χ0v) is 12.3. The minimum Gasteiger partial charge on any atom is -0.385 e. The summed E-state index contributed by atoms with van der Waals surface area (Å²) in [6, 6.07) is 3.85. The molecule has 0 fully saturated rings. The first-order valence-electron chi connectivity index (χ1n) is 7.37. The molecule has 1 rings (SSSR count). The molecule has 0 saturated carbocycles. The van der Waals surface area contributed by atoms with E-state index in [4.69, 9.17) is 0 Å². The van der Waals surface area contributed by atoms with Crippen LogP contribution in [0, 0.1) is 6.92 Å². The summed E-state index contributed by atoms with van der Waals surface area (Å²) in [7, 11) is 0. The van der Waals surface area contributed by atoms with Crippen LogP contribution >= 0.6 is 0 Å². The van der Waals surface area contributed by atoms with Crippen LogP contribution in [-0.4, -0.2) is 6.54 Å². The third-order valence-corrected chi connectivity index (χ3v) is 3.41. The van der Waals surface area contributed by atoms with E-state index in [-0.39, 0.29) is 0 Å². The maximum atomic E-state index is 12.6. The van der Waals surface area contributed by atoms with Gasteiger partial charge in [0, 0.05) is 12.2 Å². The molecule has 0 amide bonds. The third-order valence-electron chi connectivity index (χ3n) is 3.41. The lowest BCUT2D eigenvalue weighted by atomic mass is 10.1. The Hall–Kier alpha value is -1.19. The fraction of sp³-hybridized carbons (Fsp3) is 0.625. The summed E-state index contributed by atoms with van der Waals surface area (Å²) < 4.78 is 37.9. The van der Waals surface area contributed by atoms with Crippen LogP contribution in [0.4, 0.5) is 18.9 Å². The van der Waals surface area contributed by atoms with Crippen molar-refractivity contribution in [2.45, 2.75) is 58.5 Å². The molecule has 0 aliphatic carbocycles. The predicted molar refractivity (Wildman–Crippen MR) is 78.0 cm³/mol. The monoisotopic (exact) mass is 287 g/mol. The number of rotatable bonds is 8. The lowest BCUT2D eigenvalue weighted by Gasteiger charge is -2.13. The summed E-state index contributed by atoms with van der Waals surface area (Å²) in [5.74, 6) is 0. The van der Waals surface area contributed by atoms with E-state index >= 15 is 0 Å². The van der Waals surface area contributed by atoms with Gasteiger partial charge in [-0.2, -0.15) is 13.2 Å². The van der Waals surface area contributed by atoms with E-state index in [0.29, 0.717) is 5.69 Å². The van der Waals surface area contributed by atoms with Crippen molar-refractivity contribution in [1.29, 1.82) is 0 Å². The van der Waals surface area contributed by atoms with Gasteiger partial charge >= 0.3 is 6.18 Å². The van der Waals surface area contributed by atoms with E-state index in [1.54, 1.807) is 0 Å². The second kappa shape index (κ2) is 8.18. The molecule has 1 aromatic rings. The van der Waals surface area contributed by atoms with Gasteiger partial charge < -0.3 is 5.32 Å². The molecule has 0 radical (unpaired) electrons. The van der Waals surface area contributed by atoms with Crippen molar-refractivity contribution in [2.24, 2.45) is 0 Å². The zero-order chi connectivity index (χ0) is 15.0. The Morgan fingerprint density at radius 2 is 1.65 bits per heavy atom. The number of halogens is 3. The second-order valence-corrected chi connectivity index (χ2v) is 5.22. The normalized spacial score (nSPS) is 11.7. The van der Waals surface area contributed by atoms with Crippen molar-refractivity contribution in [1.82, 2.24) is 0 Å². The molecular formula is C16H24F3N. The summed E-state index contributed by atoms with van der Waals surface area (Å²) in [5, 5.41) is 3.12. The quantitative estimate of drug-likeness (QED) is 0.597. The van der Waals surface area contributed by atoms with Crippen LogP contribution < -0.4 is 5.32 Å². The van der Waals surface area contributed by atoms with Gasteiger partial charge in [0.2, 0.25) is 0 Å². The number of unbranched alkanes of at least 4 members (excludes halogenated alkanes) is 5. The van der Waals surface area contributed by atoms with Crippen LogP contribution in [0.3, 0.4) is 0 Å². The summed E-state index contributed by atoms with van der Waals surface area (Å²) >= 11 is 0. The van der Waals surface area contributed by atoms with Crippen molar-refractivity contribution < 1.29 is 13.2 Å². The summed E-state index contributed by atoms with van der Waals surface area (Å²) in [4.78, 5) is 0. The van der Waals surface area contributed by atoms with Gasteiger partial charge in [0.05, 0.1) is 5.56 Å². The van der Waals surface area contributed by atoms with E-state index in [2.05, 4.69) is 12.2 Å². The molecule has 0 atom stereocenters. The Labute approximate surface area is 119 Å². The van der Waals surface area contributed by atoms with Crippen LogP contribution in [0.25, 0.3) is 0 Å². The third kappa shape index (κ3) is 5.85. The van der Waals surface area contributed by atoms with Gasteiger partial charge in [0.15, 0.2) is 0 Å². The number of benzene rings is 1. The number of aryl methyl sites for hydroxylation is 1. The van der Waals surface area contributed by atoms with Crippen LogP contribution in [0.2, 0.25) is 0 Å². The number of alkyl halides is 3. The lowest BCUT2D eigenvalue weighted by molar-refractivity contribution is -0.137. The predicted octanol–water partition coefficient (Wildman–Crippen LogP) is 5.79. The lowest BCUT2D eigenvalue weighted by Crippen LogP contribution is -2.08. The highest BCUT2D eigenvalue weighted by Gasteiger charge is 2.30. The number of hydrogen-bond acceptors (Lipinski definition) is 1. The molecule has 1 N–H and O–H groups in total. The highest BCUT2D eigenvalue weighted by molar-refractivity contribution is 5.53. The van der Waals surface area contributed by atoms with E-state index in [1.165, 1.54) is 37.8 Å². The number of anilines is 1. The van der Waals surface area contributed by atoms with E-state index in [0.717, 1.165) is 31.0 Å². The van der Waals surface area contributed by atoms with Crippen LogP contribution in [0.15, 0.2) is 18.2 Å². The molecule has 0 aromatic heterocycles. The van der Waals surface area contributed by atoms with Crippen molar-refractivity contribution in [3.63, 3.8) is 0 Å². The molecule has 0 spiro atoms. The highest BCUT2D eigenvalue weighted by atomic mass is 19.4. The maximum absolute atomic E-state index is 12.6. The van der Waals surface area contributed by atoms with E-state index in [1.807, 2.05) is 6.92 Å². The van der Waals surface area contributed by atoms with Gasteiger partial charge in [0.25, 0.3) is 0 Å². The average Bonchev–Trinajstić information content (AvgIpc) is 2.38. The molecule has 0 saturated heterocycles. The van der Waals surface area contributed by atoms with Gasteiger partial charge in [-0.1, -0.05) is 45.1 Å². The van der Waals surface area contributed by atoms with E-state index < -0.39 is 11.7 Å². The SMILES string of the molecule is CCCCCCCCNc1cc(C(F)(F)F)ccc1C. The minimum atomic E-state index is -4.27. The second-order valence-electron chi connectivity index (χ2n) is 5.22. The Bertz CT molecular complexity index is 399. The molecule has 0 aliphatic rings. The fourth-order valence-electron chi connectivity index (χ4n) is 2.12. The molecule has 0 bridgehead atoms. The molecule has 20 heavy (non-hydrogen) atoms. The standard InChI is InChI=1S/C16H24F3N/c1-3-4-5-6-7-8-11-20-15-12-14(16(17,18)19)10-9-13(15)2/h9-10,12,20H,3-8,11H2,1-2H3. The average molecular weight is 287 g/mol. The van der Waals surface area contributed by atoms with Crippen LogP contribution in [-0.2, 0) is 6.18 Å². The van der Waals surface area contributed by atoms with E-state index in [9.17, 15) is 13.2 Å². The van der Waals surface area contributed by atoms with Gasteiger partial charge in [-0.15, -0.1) is 0 Å². The molecule has 114 valence electrons. The summed E-state index contributed by atoms with van der Waals surface area (Å²) in [5.41, 5.74) is 0.853. The first-order chi connectivity index (χ1) is 9.45. The smallest absolute Gasteiger partial charge is 0.385 e. The number of nitrogens with one attached hydrogen (secondary N) is 1. The fourth-order valence-corrected chi connectivity index (χ4v) is 2.12. The molecule has 0 aliphatic heterocycles. The van der Waals surface area contributed by atoms with Crippen molar-refractivity contribution >= 4 is 5.69 Å². The zero-order valence-electron chi connectivity index (χ0n) is 12.3. The molecule has 1 nitrogen and oxygen atoms in total. The van der Waals surface area contributed by atoms with Crippen LogP contribution in [0.1, 0.15) is 56.6 Å². The van der Waals surface area contributed by atoms with Crippen molar-refractivity contribution in [3.8, 4) is 0 Å². The van der Waals surface area contributed by atoms with Gasteiger partial charge in [-0.05, 0) is 31.0 Å². The Kier molecular flexibility index (Phi) is 6.89. The topological polar surface area (TPSA) is 12.0 Å². The minimum absolute atomic E-state index is 0.589. The molecule has 4 heteroatoms. The maximum Gasteiger partial charge on any atom is 0.416 e. The molecule has 0 heterocycles. The molecule has 1 aromatic carbocycles. The first kappa shape index (κ1) is 16.9. The Balaban J connectivity index is 2.40. The number of hydrogen-bond donors (Lipinski definition) is 1. The summed E-state index contributed by atoms with van der Waals surface area (Å²) in [6.07, 6.45) is 2.80. The van der Waals surface area contributed by atoms with Gasteiger partial charge in [-0.25, -0.2) is 0 Å². The van der Waals surface area contributed by atoms with Crippen LogP contribution in [0.5, 0.6) is 0 Å². The Morgan fingerprint density at radius 3 is 2.30 bits per heavy atom. The van der Waals surface area contributed by atoms with Crippen molar-refractivity contribution in [2.75, 3.05) is 11.9 Å².